The molecule has 0 unspecified atom stereocenters. The molecule has 0 saturated carbocycles. The number of nitrogens with zero attached hydrogens (tertiary/aromatic N) is 5. The lowest BCUT2D eigenvalue weighted by atomic mass is 10.2. The minimum absolute atomic E-state index is 0.452. The summed E-state index contributed by atoms with van der Waals surface area (Å²) in [6.45, 7) is 0. The van der Waals surface area contributed by atoms with Crippen LogP contribution in [0.4, 0.5) is 0 Å². The van der Waals surface area contributed by atoms with Gasteiger partial charge in [0.25, 0.3) is 0 Å². The van der Waals surface area contributed by atoms with E-state index < -0.39 is 5.91 Å². The van der Waals surface area contributed by atoms with Gasteiger partial charge in [-0.2, -0.15) is 5.10 Å². The van der Waals surface area contributed by atoms with E-state index in [1.54, 1.807) is 23.0 Å². The molecule has 0 saturated heterocycles. The molecule has 148 valence electrons. The van der Waals surface area contributed by atoms with Crippen LogP contribution in [-0.4, -0.2) is 29.8 Å². The van der Waals surface area contributed by atoms with Crippen molar-refractivity contribution in [3.05, 3.63) is 83.6 Å². The number of hydrogen-bond donors (Lipinski definition) is 1. The molecule has 0 aliphatic heterocycles. The molecule has 7 nitrogen and oxygen atoms in total. The lowest BCUT2D eigenvalue weighted by molar-refractivity contribution is 0.1000. The monoisotopic (exact) mass is 460 g/mol. The third-order valence-electron chi connectivity index (χ3n) is 5.06. The van der Waals surface area contributed by atoms with Gasteiger partial charge in [-0.3, -0.25) is 9.48 Å². The van der Waals surface area contributed by atoms with Crippen molar-refractivity contribution >= 4 is 32.7 Å². The first kappa shape index (κ1) is 18.4. The average Bonchev–Trinajstić information content (AvgIpc) is 3.46. The highest BCUT2D eigenvalue weighted by Gasteiger charge is 2.13. The summed E-state index contributed by atoms with van der Waals surface area (Å²) in [5.74, 6) is -0.452. The number of rotatable bonds is 4. The smallest absolute Gasteiger partial charge is 0.248 e. The van der Waals surface area contributed by atoms with E-state index in [0.717, 1.165) is 38.0 Å². The molecular weight excluding hydrogens is 444 g/mol. The molecule has 5 rings (SSSR count). The molecule has 1 amide bonds. The van der Waals surface area contributed by atoms with Gasteiger partial charge in [0.05, 0.1) is 35.1 Å². The van der Waals surface area contributed by atoms with Gasteiger partial charge in [-0.15, -0.1) is 0 Å². The van der Waals surface area contributed by atoms with Crippen molar-refractivity contribution in [3.63, 3.8) is 0 Å². The molecule has 0 aliphatic carbocycles. The number of hydrogen-bond acceptors (Lipinski definition) is 3. The molecule has 3 heterocycles. The third kappa shape index (κ3) is 3.02. The summed E-state index contributed by atoms with van der Waals surface area (Å²) in [7, 11) is 1.89. The molecule has 0 aliphatic rings. The first-order valence-corrected chi connectivity index (χ1v) is 10.0. The predicted octanol–water partition coefficient (Wildman–Crippen LogP) is 4.08. The SMILES string of the molecule is Cn1cc(-c2cn(-c3cccc4c3ccn4-c3ccc(C(N)=O)cc3Br)cn2)cn1. The first-order valence-electron chi connectivity index (χ1n) is 9.24. The Kier molecular flexibility index (Phi) is 4.29. The second kappa shape index (κ2) is 7.00. The van der Waals surface area contributed by atoms with E-state index in [9.17, 15) is 4.79 Å². The summed E-state index contributed by atoms with van der Waals surface area (Å²) < 4.78 is 6.65. The van der Waals surface area contributed by atoms with Crippen LogP contribution in [0.15, 0.2) is 78.1 Å². The van der Waals surface area contributed by atoms with E-state index >= 15 is 0 Å². The van der Waals surface area contributed by atoms with Crippen LogP contribution in [0, 0.1) is 0 Å². The summed E-state index contributed by atoms with van der Waals surface area (Å²) in [6.07, 6.45) is 9.57. The quantitative estimate of drug-likeness (QED) is 0.438. The van der Waals surface area contributed by atoms with Crippen molar-refractivity contribution in [1.29, 1.82) is 0 Å². The Morgan fingerprint density at radius 1 is 1.10 bits per heavy atom. The van der Waals surface area contributed by atoms with Gasteiger partial charge in [0, 0.05) is 46.6 Å². The number of fused-ring (bicyclic) bond motifs is 1. The molecule has 2 N–H and O–H groups in total. The van der Waals surface area contributed by atoms with Crippen molar-refractivity contribution in [1.82, 2.24) is 23.9 Å². The van der Waals surface area contributed by atoms with Gasteiger partial charge in [0.1, 0.15) is 0 Å². The summed E-state index contributed by atoms with van der Waals surface area (Å²) >= 11 is 3.57. The highest BCUT2D eigenvalue weighted by atomic mass is 79.9. The Balaban J connectivity index is 1.60. The Bertz CT molecular complexity index is 1410. The molecule has 5 aromatic rings. The Labute approximate surface area is 180 Å². The summed E-state index contributed by atoms with van der Waals surface area (Å²) in [5, 5.41) is 5.30. The Morgan fingerprint density at radius 2 is 1.97 bits per heavy atom. The lowest BCUT2D eigenvalue weighted by Gasteiger charge is -2.10. The van der Waals surface area contributed by atoms with Crippen LogP contribution >= 0.6 is 15.9 Å². The number of aryl methyl sites for hydroxylation is 1. The zero-order valence-corrected chi connectivity index (χ0v) is 17.6. The van der Waals surface area contributed by atoms with E-state index in [2.05, 4.69) is 48.8 Å². The number of primary amides is 1. The highest BCUT2D eigenvalue weighted by molar-refractivity contribution is 9.10. The minimum Gasteiger partial charge on any atom is -0.366 e. The van der Waals surface area contributed by atoms with Crippen molar-refractivity contribution in [2.24, 2.45) is 12.8 Å². The summed E-state index contributed by atoms with van der Waals surface area (Å²) in [6, 6.07) is 13.6. The molecular formula is C22H17BrN6O. The number of carbonyl (C=O) groups is 1. The zero-order chi connectivity index (χ0) is 20.8. The molecule has 3 aromatic heterocycles. The van der Waals surface area contributed by atoms with Gasteiger partial charge in [-0.25, -0.2) is 4.98 Å². The van der Waals surface area contributed by atoms with Crippen LogP contribution < -0.4 is 5.73 Å². The number of imidazole rings is 1. The fourth-order valence-electron chi connectivity index (χ4n) is 3.60. The molecule has 0 radical (unpaired) electrons. The van der Waals surface area contributed by atoms with Gasteiger partial charge in [-0.05, 0) is 52.3 Å². The highest BCUT2D eigenvalue weighted by Crippen LogP contribution is 2.30. The Hall–Kier alpha value is -3.65. The molecule has 0 bridgehead atoms. The van der Waals surface area contributed by atoms with E-state index in [-0.39, 0.29) is 0 Å². The summed E-state index contributed by atoms with van der Waals surface area (Å²) in [4.78, 5) is 16.0. The van der Waals surface area contributed by atoms with Crippen molar-refractivity contribution in [3.8, 4) is 22.6 Å². The predicted molar refractivity (Wildman–Crippen MR) is 119 cm³/mol. The van der Waals surface area contributed by atoms with Crippen molar-refractivity contribution in [2.45, 2.75) is 0 Å². The molecule has 8 heteroatoms. The standard InChI is InChI=1S/C22H17BrN6O/c1-27-11-15(10-26-27)18-12-28(13-25-18)19-3-2-4-20-16(19)7-8-29(20)21-6-5-14(22(24)30)9-17(21)23/h2-13H,1H3,(H2,24,30). The van der Waals surface area contributed by atoms with Crippen LogP contribution in [0.3, 0.4) is 0 Å². The van der Waals surface area contributed by atoms with Crippen LogP contribution in [0.1, 0.15) is 10.4 Å². The second-order valence-corrected chi connectivity index (χ2v) is 7.85. The van der Waals surface area contributed by atoms with Gasteiger partial charge >= 0.3 is 0 Å². The van der Waals surface area contributed by atoms with E-state index in [1.807, 2.05) is 48.7 Å². The first-order chi connectivity index (χ1) is 14.5. The largest absolute Gasteiger partial charge is 0.366 e. The Morgan fingerprint density at radius 3 is 2.70 bits per heavy atom. The summed E-state index contributed by atoms with van der Waals surface area (Å²) in [5.41, 5.74) is 10.7. The van der Waals surface area contributed by atoms with Crippen molar-refractivity contribution < 1.29 is 4.79 Å². The third-order valence-corrected chi connectivity index (χ3v) is 5.70. The molecule has 0 fully saturated rings. The van der Waals surface area contributed by atoms with Gasteiger partial charge in [-0.1, -0.05) is 6.07 Å². The fraction of sp³-hybridized carbons (Fsp3) is 0.0455. The van der Waals surface area contributed by atoms with Gasteiger partial charge in [0.15, 0.2) is 0 Å². The van der Waals surface area contributed by atoms with Crippen LogP contribution in [0.5, 0.6) is 0 Å². The van der Waals surface area contributed by atoms with Crippen LogP contribution in [-0.2, 0) is 7.05 Å². The normalized spacial score (nSPS) is 11.3. The molecule has 2 aromatic carbocycles. The number of carbonyl (C=O) groups excluding carboxylic acids is 1. The van der Waals surface area contributed by atoms with Gasteiger partial charge in [0.2, 0.25) is 5.91 Å². The van der Waals surface area contributed by atoms with Crippen LogP contribution in [0.2, 0.25) is 0 Å². The molecule has 0 atom stereocenters. The second-order valence-electron chi connectivity index (χ2n) is 6.99. The van der Waals surface area contributed by atoms with Crippen LogP contribution in [0.25, 0.3) is 33.5 Å². The number of aromatic nitrogens is 5. The number of amides is 1. The zero-order valence-electron chi connectivity index (χ0n) is 16.0. The topological polar surface area (TPSA) is 83.7 Å². The fourth-order valence-corrected chi connectivity index (χ4v) is 4.17. The average molecular weight is 461 g/mol. The maximum Gasteiger partial charge on any atom is 0.248 e. The maximum atomic E-state index is 11.5. The van der Waals surface area contributed by atoms with E-state index in [0.29, 0.717) is 5.56 Å². The number of nitrogens with two attached hydrogens (primary N) is 1. The van der Waals surface area contributed by atoms with Crippen molar-refractivity contribution in [2.75, 3.05) is 0 Å². The minimum atomic E-state index is -0.452. The van der Waals surface area contributed by atoms with E-state index in [1.165, 1.54) is 0 Å². The number of benzene rings is 2. The lowest BCUT2D eigenvalue weighted by Crippen LogP contribution is -2.11. The maximum absolute atomic E-state index is 11.5. The van der Waals surface area contributed by atoms with E-state index in [4.69, 9.17) is 5.73 Å². The molecule has 30 heavy (non-hydrogen) atoms. The molecule has 0 spiro atoms. The number of halogens is 1. The van der Waals surface area contributed by atoms with Gasteiger partial charge < -0.3 is 14.9 Å².